The molecular weight excluding hydrogens is 332 g/mol. The summed E-state index contributed by atoms with van der Waals surface area (Å²) in [6, 6.07) is 7.25. The first-order valence-corrected chi connectivity index (χ1v) is 8.62. The summed E-state index contributed by atoms with van der Waals surface area (Å²) >= 11 is 2.78. The van der Waals surface area contributed by atoms with Gasteiger partial charge in [-0.2, -0.15) is 0 Å². The van der Waals surface area contributed by atoms with E-state index < -0.39 is 0 Å². The molecule has 6 nitrogen and oxygen atoms in total. The third kappa shape index (κ3) is 5.26. The van der Waals surface area contributed by atoms with Crippen molar-refractivity contribution in [1.82, 2.24) is 10.2 Å². The van der Waals surface area contributed by atoms with E-state index in [0.29, 0.717) is 23.1 Å². The maximum atomic E-state index is 12.3. The molecule has 1 amide bonds. The van der Waals surface area contributed by atoms with Crippen LogP contribution in [0.25, 0.3) is 0 Å². The molecule has 0 saturated carbocycles. The van der Waals surface area contributed by atoms with Gasteiger partial charge >= 0.3 is 0 Å². The van der Waals surface area contributed by atoms with Crippen molar-refractivity contribution < 1.29 is 9.53 Å². The summed E-state index contributed by atoms with van der Waals surface area (Å²) in [5, 5.41) is 14.4. The number of carbonyl (C=O) groups excluding carboxylic acids is 1. The average Bonchev–Trinajstić information content (AvgIpc) is 3.00. The summed E-state index contributed by atoms with van der Waals surface area (Å²) in [6.45, 7) is 6.10. The lowest BCUT2D eigenvalue weighted by molar-refractivity contribution is -0.115. The number of nitrogens with one attached hydrogen (secondary N) is 2. The monoisotopic (exact) mass is 350 g/mol. The van der Waals surface area contributed by atoms with Crippen LogP contribution in [0, 0.1) is 0 Å². The van der Waals surface area contributed by atoms with E-state index in [0.717, 1.165) is 4.34 Å². The molecule has 23 heavy (non-hydrogen) atoms. The van der Waals surface area contributed by atoms with Gasteiger partial charge < -0.3 is 15.4 Å². The van der Waals surface area contributed by atoms with Gasteiger partial charge in [-0.1, -0.05) is 35.2 Å². The van der Waals surface area contributed by atoms with Gasteiger partial charge in [-0.25, -0.2) is 0 Å². The number of nitrogens with zero attached hydrogens (tertiary/aromatic N) is 2. The Morgan fingerprint density at radius 3 is 3.09 bits per heavy atom. The minimum atomic E-state index is -0.290. The van der Waals surface area contributed by atoms with E-state index in [-0.39, 0.29) is 11.2 Å². The fraction of sp³-hybridized carbons (Fsp3) is 0.267. The maximum absolute atomic E-state index is 12.3. The van der Waals surface area contributed by atoms with Crippen LogP contribution in [-0.2, 0) is 4.79 Å². The largest absolute Gasteiger partial charge is 0.497 e. The Kier molecular flexibility index (Phi) is 6.42. The van der Waals surface area contributed by atoms with Crippen LogP contribution in [0.15, 0.2) is 41.3 Å². The lowest BCUT2D eigenvalue weighted by atomic mass is 10.3. The van der Waals surface area contributed by atoms with Crippen molar-refractivity contribution >= 4 is 39.8 Å². The summed E-state index contributed by atoms with van der Waals surface area (Å²) < 4.78 is 5.88. The highest BCUT2D eigenvalue weighted by atomic mass is 32.2. The maximum Gasteiger partial charge on any atom is 0.237 e. The van der Waals surface area contributed by atoms with Crippen molar-refractivity contribution in [3.8, 4) is 5.75 Å². The predicted octanol–water partition coefficient (Wildman–Crippen LogP) is 3.26. The second-order valence-electron chi connectivity index (χ2n) is 4.52. The molecular formula is C15H18N4O2S2. The van der Waals surface area contributed by atoms with E-state index in [2.05, 4.69) is 27.4 Å². The van der Waals surface area contributed by atoms with Crippen LogP contribution in [0.1, 0.15) is 6.92 Å². The van der Waals surface area contributed by atoms with Gasteiger partial charge in [0, 0.05) is 18.3 Å². The molecule has 0 radical (unpaired) electrons. The topological polar surface area (TPSA) is 76.1 Å². The van der Waals surface area contributed by atoms with Gasteiger partial charge in [0.15, 0.2) is 4.34 Å². The second kappa shape index (κ2) is 8.54. The Morgan fingerprint density at radius 2 is 2.35 bits per heavy atom. The number of thioether (sulfide) groups is 1. The third-order valence-corrected chi connectivity index (χ3v) is 4.85. The number of benzene rings is 1. The Bertz CT molecular complexity index is 675. The van der Waals surface area contributed by atoms with Crippen LogP contribution < -0.4 is 15.4 Å². The summed E-state index contributed by atoms with van der Waals surface area (Å²) in [7, 11) is 1.59. The molecule has 1 atom stereocenters. The zero-order valence-corrected chi connectivity index (χ0v) is 14.5. The number of ether oxygens (including phenoxy) is 1. The SMILES string of the molecule is C=CCNc1nnc(S[C@@H](C)C(=O)Nc2cccc(OC)c2)s1. The van der Waals surface area contributed by atoms with Crippen LogP contribution in [0.2, 0.25) is 0 Å². The average molecular weight is 350 g/mol. The van der Waals surface area contributed by atoms with Crippen LogP contribution >= 0.6 is 23.1 Å². The fourth-order valence-electron chi connectivity index (χ4n) is 1.64. The van der Waals surface area contributed by atoms with E-state index in [1.165, 1.54) is 23.1 Å². The zero-order valence-electron chi connectivity index (χ0n) is 12.9. The molecule has 2 aromatic rings. The highest BCUT2D eigenvalue weighted by Gasteiger charge is 2.17. The van der Waals surface area contributed by atoms with Crippen molar-refractivity contribution in [2.24, 2.45) is 0 Å². The lowest BCUT2D eigenvalue weighted by Gasteiger charge is -2.11. The predicted molar refractivity (Wildman–Crippen MR) is 95.5 cm³/mol. The Labute approximate surface area is 143 Å². The zero-order chi connectivity index (χ0) is 16.7. The molecule has 0 bridgehead atoms. The number of aromatic nitrogens is 2. The van der Waals surface area contributed by atoms with Crippen molar-refractivity contribution in [3.05, 3.63) is 36.9 Å². The summed E-state index contributed by atoms with van der Waals surface area (Å²) in [6.07, 6.45) is 1.75. The summed E-state index contributed by atoms with van der Waals surface area (Å²) in [4.78, 5) is 12.3. The minimum Gasteiger partial charge on any atom is -0.497 e. The molecule has 0 aliphatic carbocycles. The van der Waals surface area contributed by atoms with Crippen molar-refractivity contribution in [3.63, 3.8) is 0 Å². The summed E-state index contributed by atoms with van der Waals surface area (Å²) in [5.74, 6) is 0.601. The van der Waals surface area contributed by atoms with E-state index in [1.54, 1.807) is 19.3 Å². The van der Waals surface area contributed by atoms with Crippen molar-refractivity contribution in [2.75, 3.05) is 24.3 Å². The van der Waals surface area contributed by atoms with Gasteiger partial charge in [0.05, 0.1) is 12.4 Å². The van der Waals surface area contributed by atoms with Gasteiger partial charge in [0.1, 0.15) is 5.75 Å². The molecule has 0 unspecified atom stereocenters. The van der Waals surface area contributed by atoms with Gasteiger partial charge in [0.2, 0.25) is 11.0 Å². The van der Waals surface area contributed by atoms with Gasteiger partial charge in [0.25, 0.3) is 0 Å². The number of carbonyl (C=O) groups is 1. The number of hydrogen-bond donors (Lipinski definition) is 2. The smallest absolute Gasteiger partial charge is 0.237 e. The Hall–Kier alpha value is -2.06. The molecule has 0 aliphatic rings. The fourth-order valence-corrected chi connectivity index (χ4v) is 3.54. The standard InChI is InChI=1S/C15H18N4O2S2/c1-4-8-16-14-18-19-15(23-14)22-10(2)13(20)17-11-6-5-7-12(9-11)21-3/h4-7,9-10H,1,8H2,2-3H3,(H,16,18)(H,17,20)/t10-/m0/s1. The first kappa shape index (κ1) is 17.3. The van der Waals surface area contributed by atoms with Crippen LogP contribution in [0.3, 0.4) is 0 Å². The van der Waals surface area contributed by atoms with E-state index in [9.17, 15) is 4.79 Å². The first-order valence-electron chi connectivity index (χ1n) is 6.92. The van der Waals surface area contributed by atoms with Gasteiger partial charge in [-0.15, -0.1) is 16.8 Å². The van der Waals surface area contributed by atoms with Gasteiger partial charge in [-0.3, -0.25) is 4.79 Å². The normalized spacial score (nSPS) is 11.6. The number of rotatable bonds is 8. The number of hydrogen-bond acceptors (Lipinski definition) is 7. The number of anilines is 2. The molecule has 0 fully saturated rings. The quantitative estimate of drug-likeness (QED) is 0.562. The number of methoxy groups -OCH3 is 1. The van der Waals surface area contributed by atoms with E-state index in [4.69, 9.17) is 4.74 Å². The molecule has 8 heteroatoms. The van der Waals surface area contributed by atoms with Gasteiger partial charge in [-0.05, 0) is 19.1 Å². The third-order valence-electron chi connectivity index (χ3n) is 2.79. The van der Waals surface area contributed by atoms with E-state index >= 15 is 0 Å². The molecule has 2 N–H and O–H groups in total. The highest BCUT2D eigenvalue weighted by Crippen LogP contribution is 2.29. The van der Waals surface area contributed by atoms with Crippen molar-refractivity contribution in [1.29, 1.82) is 0 Å². The lowest BCUT2D eigenvalue weighted by Crippen LogP contribution is -2.22. The van der Waals surface area contributed by atoms with Crippen LogP contribution in [0.4, 0.5) is 10.8 Å². The molecule has 0 spiro atoms. The van der Waals surface area contributed by atoms with Crippen LogP contribution in [-0.4, -0.2) is 35.0 Å². The molecule has 0 aliphatic heterocycles. The minimum absolute atomic E-state index is 0.0981. The van der Waals surface area contributed by atoms with E-state index in [1.807, 2.05) is 25.1 Å². The highest BCUT2D eigenvalue weighted by molar-refractivity contribution is 8.02. The molecule has 122 valence electrons. The molecule has 1 aromatic carbocycles. The first-order chi connectivity index (χ1) is 11.1. The molecule has 0 saturated heterocycles. The molecule has 2 rings (SSSR count). The van der Waals surface area contributed by atoms with Crippen molar-refractivity contribution in [2.45, 2.75) is 16.5 Å². The summed E-state index contributed by atoms with van der Waals surface area (Å²) in [5.41, 5.74) is 0.701. The Balaban J connectivity index is 1.91. The Morgan fingerprint density at radius 1 is 1.52 bits per heavy atom. The number of amides is 1. The molecule has 1 heterocycles. The second-order valence-corrected chi connectivity index (χ2v) is 7.09. The van der Waals surface area contributed by atoms with Crippen LogP contribution in [0.5, 0.6) is 5.75 Å². The molecule has 1 aromatic heterocycles.